The van der Waals surface area contributed by atoms with Gasteiger partial charge in [-0.25, -0.2) is 4.98 Å². The Labute approximate surface area is 113 Å². The van der Waals surface area contributed by atoms with E-state index in [0.717, 1.165) is 27.2 Å². The van der Waals surface area contributed by atoms with Crippen molar-refractivity contribution >= 4 is 22.9 Å². The molecular formula is C12H10ClN3OS. The van der Waals surface area contributed by atoms with Gasteiger partial charge in [0.25, 0.3) is 0 Å². The quantitative estimate of drug-likeness (QED) is 0.736. The average Bonchev–Trinajstić information content (AvgIpc) is 3.02. The molecule has 0 saturated heterocycles. The van der Waals surface area contributed by atoms with E-state index in [9.17, 15) is 0 Å². The molecule has 0 aliphatic rings. The zero-order chi connectivity index (χ0) is 12.5. The molecule has 0 fully saturated rings. The van der Waals surface area contributed by atoms with Gasteiger partial charge in [0.05, 0.1) is 16.4 Å². The van der Waals surface area contributed by atoms with Crippen LogP contribution in [0.2, 0.25) is 5.02 Å². The second-order valence-electron chi connectivity index (χ2n) is 3.91. The van der Waals surface area contributed by atoms with Gasteiger partial charge in [-0.05, 0) is 18.4 Å². The van der Waals surface area contributed by atoms with Crippen LogP contribution < -0.4 is 0 Å². The van der Waals surface area contributed by atoms with Crippen molar-refractivity contribution in [2.75, 3.05) is 0 Å². The summed E-state index contributed by atoms with van der Waals surface area (Å²) in [5.41, 5.74) is 0.874. The Kier molecular flexibility index (Phi) is 2.93. The molecule has 0 atom stereocenters. The van der Waals surface area contributed by atoms with Gasteiger partial charge in [0, 0.05) is 18.5 Å². The topological polar surface area (TPSA) is 43.9 Å². The molecule has 6 heteroatoms. The molecule has 0 unspecified atom stereocenters. The van der Waals surface area contributed by atoms with Crippen LogP contribution >= 0.6 is 22.9 Å². The van der Waals surface area contributed by atoms with Crippen LogP contribution in [0.3, 0.4) is 0 Å². The smallest absolute Gasteiger partial charge is 0.151 e. The molecule has 0 radical (unpaired) electrons. The Morgan fingerprint density at radius 1 is 1.50 bits per heavy atom. The summed E-state index contributed by atoms with van der Waals surface area (Å²) in [6, 6.07) is 3.79. The van der Waals surface area contributed by atoms with E-state index in [1.807, 2.05) is 35.2 Å². The lowest BCUT2D eigenvalue weighted by atomic mass is 10.3. The van der Waals surface area contributed by atoms with Gasteiger partial charge in [-0.3, -0.25) is 0 Å². The third kappa shape index (κ3) is 2.07. The molecule has 3 rings (SSSR count). The van der Waals surface area contributed by atoms with E-state index in [1.165, 1.54) is 0 Å². The van der Waals surface area contributed by atoms with Crippen molar-refractivity contribution in [1.29, 1.82) is 0 Å². The molecule has 3 aromatic rings. The molecule has 0 saturated carbocycles. The normalized spacial score (nSPS) is 11.0. The average molecular weight is 280 g/mol. The largest absolute Gasteiger partial charge is 0.361 e. The van der Waals surface area contributed by atoms with Gasteiger partial charge >= 0.3 is 0 Å². The van der Waals surface area contributed by atoms with Gasteiger partial charge in [0.2, 0.25) is 0 Å². The Bertz CT molecular complexity index is 670. The summed E-state index contributed by atoms with van der Waals surface area (Å²) in [5, 5.41) is 6.66. The maximum absolute atomic E-state index is 6.13. The third-order valence-electron chi connectivity index (χ3n) is 2.54. The van der Waals surface area contributed by atoms with Crippen molar-refractivity contribution in [1.82, 2.24) is 14.7 Å². The number of aryl methyl sites for hydroxylation is 1. The van der Waals surface area contributed by atoms with Crippen LogP contribution in [0.5, 0.6) is 0 Å². The second kappa shape index (κ2) is 4.59. The summed E-state index contributed by atoms with van der Waals surface area (Å²) in [7, 11) is 0. The summed E-state index contributed by atoms with van der Waals surface area (Å²) in [5.74, 6) is 1.66. The van der Waals surface area contributed by atoms with Gasteiger partial charge < -0.3 is 9.09 Å². The Morgan fingerprint density at radius 2 is 2.39 bits per heavy atom. The second-order valence-corrected chi connectivity index (χ2v) is 5.23. The predicted molar refractivity (Wildman–Crippen MR) is 70.9 cm³/mol. The number of imidazole rings is 1. The maximum atomic E-state index is 6.13. The third-order valence-corrected chi connectivity index (χ3v) is 3.88. The monoisotopic (exact) mass is 279 g/mol. The zero-order valence-corrected chi connectivity index (χ0v) is 11.2. The molecule has 18 heavy (non-hydrogen) atoms. The highest BCUT2D eigenvalue weighted by Gasteiger charge is 2.12. The van der Waals surface area contributed by atoms with Crippen molar-refractivity contribution < 1.29 is 4.52 Å². The van der Waals surface area contributed by atoms with Crippen LogP contribution in [0.15, 0.2) is 34.4 Å². The lowest BCUT2D eigenvalue weighted by molar-refractivity contribution is 0.389. The molecule has 4 nitrogen and oxygen atoms in total. The van der Waals surface area contributed by atoms with Crippen molar-refractivity contribution in [3.63, 3.8) is 0 Å². The Balaban J connectivity index is 1.95. The first-order valence-corrected chi connectivity index (χ1v) is 6.66. The summed E-state index contributed by atoms with van der Waals surface area (Å²) in [6.45, 7) is 2.50. The van der Waals surface area contributed by atoms with Crippen molar-refractivity contribution in [2.45, 2.75) is 13.5 Å². The molecule has 0 N–H and O–H groups in total. The SMILES string of the molecule is Cc1cc(Cn2ccnc2-c2sccc2Cl)no1. The fraction of sp³-hybridized carbons (Fsp3) is 0.167. The summed E-state index contributed by atoms with van der Waals surface area (Å²) in [6.07, 6.45) is 3.67. The molecule has 0 aliphatic carbocycles. The molecule has 3 aromatic heterocycles. The Hall–Kier alpha value is -1.59. The van der Waals surface area contributed by atoms with E-state index >= 15 is 0 Å². The minimum absolute atomic E-state index is 0.626. The fourth-order valence-electron chi connectivity index (χ4n) is 1.77. The minimum atomic E-state index is 0.626. The van der Waals surface area contributed by atoms with Gasteiger partial charge in [-0.15, -0.1) is 11.3 Å². The number of rotatable bonds is 3. The van der Waals surface area contributed by atoms with Crippen LogP contribution in [0.4, 0.5) is 0 Å². The first kappa shape index (κ1) is 11.5. The van der Waals surface area contributed by atoms with Crippen LogP contribution in [-0.4, -0.2) is 14.7 Å². The van der Waals surface area contributed by atoms with Crippen LogP contribution in [0.1, 0.15) is 11.5 Å². The lowest BCUT2D eigenvalue weighted by Gasteiger charge is -2.04. The molecule has 3 heterocycles. The van der Waals surface area contributed by atoms with Gasteiger partial charge in [0.15, 0.2) is 5.82 Å². The van der Waals surface area contributed by atoms with Crippen molar-refractivity contribution in [3.8, 4) is 10.7 Å². The van der Waals surface area contributed by atoms with Crippen LogP contribution in [0, 0.1) is 6.92 Å². The molecule has 0 aliphatic heterocycles. The standard InChI is InChI=1S/C12H10ClN3OS/c1-8-6-9(15-17-8)7-16-4-3-14-12(16)11-10(13)2-5-18-11/h2-6H,7H2,1H3. The fourth-order valence-corrected chi connectivity index (χ4v) is 2.92. The number of hydrogen-bond donors (Lipinski definition) is 0. The first-order chi connectivity index (χ1) is 8.74. The minimum Gasteiger partial charge on any atom is -0.361 e. The highest BCUT2D eigenvalue weighted by atomic mass is 35.5. The zero-order valence-electron chi connectivity index (χ0n) is 9.63. The number of aromatic nitrogens is 3. The van der Waals surface area contributed by atoms with E-state index < -0.39 is 0 Å². The number of thiophene rings is 1. The van der Waals surface area contributed by atoms with Gasteiger partial charge in [-0.2, -0.15) is 0 Å². The highest BCUT2D eigenvalue weighted by Crippen LogP contribution is 2.32. The number of hydrogen-bond acceptors (Lipinski definition) is 4. The molecular weight excluding hydrogens is 270 g/mol. The van der Waals surface area contributed by atoms with Gasteiger partial charge in [-0.1, -0.05) is 16.8 Å². The van der Waals surface area contributed by atoms with Crippen LogP contribution in [-0.2, 0) is 6.54 Å². The summed E-state index contributed by atoms with van der Waals surface area (Å²) in [4.78, 5) is 5.33. The van der Waals surface area contributed by atoms with E-state index in [2.05, 4.69) is 10.1 Å². The van der Waals surface area contributed by atoms with Crippen LogP contribution in [0.25, 0.3) is 10.7 Å². The number of nitrogens with zero attached hydrogens (tertiary/aromatic N) is 3. The summed E-state index contributed by atoms with van der Waals surface area (Å²) < 4.78 is 7.07. The Morgan fingerprint density at radius 3 is 3.06 bits per heavy atom. The van der Waals surface area contributed by atoms with E-state index in [1.54, 1.807) is 17.5 Å². The highest BCUT2D eigenvalue weighted by molar-refractivity contribution is 7.14. The summed E-state index contributed by atoms with van der Waals surface area (Å²) >= 11 is 7.71. The number of halogens is 1. The molecule has 0 spiro atoms. The van der Waals surface area contributed by atoms with Gasteiger partial charge in [0.1, 0.15) is 11.5 Å². The molecule has 92 valence electrons. The van der Waals surface area contributed by atoms with E-state index in [4.69, 9.17) is 16.1 Å². The molecule has 0 bridgehead atoms. The van der Waals surface area contributed by atoms with E-state index in [0.29, 0.717) is 6.54 Å². The predicted octanol–water partition coefficient (Wildman–Crippen LogP) is 3.61. The maximum Gasteiger partial charge on any atom is 0.151 e. The first-order valence-electron chi connectivity index (χ1n) is 5.41. The van der Waals surface area contributed by atoms with E-state index in [-0.39, 0.29) is 0 Å². The molecule has 0 amide bonds. The molecule has 0 aromatic carbocycles. The van der Waals surface area contributed by atoms with Crippen molar-refractivity contribution in [3.05, 3.63) is 46.4 Å². The van der Waals surface area contributed by atoms with Crippen molar-refractivity contribution in [2.24, 2.45) is 0 Å². The lowest BCUT2D eigenvalue weighted by Crippen LogP contribution is -2.00.